The molecule has 0 amide bonds. The van der Waals surface area contributed by atoms with Crippen LogP contribution in [0, 0.1) is 13.8 Å². The van der Waals surface area contributed by atoms with E-state index in [4.69, 9.17) is 5.11 Å². The number of carbonyl (C=O) groups excluding carboxylic acids is 1. The van der Waals surface area contributed by atoms with E-state index in [2.05, 4.69) is 4.74 Å². The Morgan fingerprint density at radius 1 is 1.29 bits per heavy atom. The lowest BCUT2D eigenvalue weighted by molar-refractivity contribution is -0.138. The first-order valence-corrected chi connectivity index (χ1v) is 5.30. The lowest BCUT2D eigenvalue weighted by atomic mass is 9.91. The number of aryl methyl sites for hydroxylation is 1. The molecule has 0 radical (unpaired) electrons. The predicted molar refractivity (Wildman–Crippen MR) is 63.3 cm³/mol. The van der Waals surface area contributed by atoms with Crippen LogP contribution in [-0.2, 0) is 9.53 Å². The highest BCUT2D eigenvalue weighted by atomic mass is 16.5. The average Bonchev–Trinajstić information content (AvgIpc) is 2.30. The molecule has 0 bridgehead atoms. The van der Waals surface area contributed by atoms with E-state index in [1.54, 1.807) is 19.1 Å². The number of carboxylic acid groups (broad SMARTS) is 1. The summed E-state index contributed by atoms with van der Waals surface area (Å²) in [5, 5.41) is 9.02. The van der Waals surface area contributed by atoms with Gasteiger partial charge in [-0.2, -0.15) is 0 Å². The van der Waals surface area contributed by atoms with Crippen molar-refractivity contribution >= 4 is 11.9 Å². The van der Waals surface area contributed by atoms with E-state index in [0.717, 1.165) is 11.1 Å². The normalized spacial score (nSPS) is 12.0. The van der Waals surface area contributed by atoms with Crippen molar-refractivity contribution < 1.29 is 19.4 Å². The molecule has 0 aromatic heterocycles. The molecule has 1 aromatic carbocycles. The minimum atomic E-state index is -0.908. The van der Waals surface area contributed by atoms with Gasteiger partial charge in [-0.05, 0) is 49.6 Å². The van der Waals surface area contributed by atoms with Crippen LogP contribution in [0.2, 0.25) is 0 Å². The Morgan fingerprint density at radius 3 is 2.35 bits per heavy atom. The maximum atomic E-state index is 11.5. The van der Waals surface area contributed by atoms with Gasteiger partial charge in [0.05, 0.1) is 18.6 Å². The summed E-state index contributed by atoms with van der Waals surface area (Å²) in [4.78, 5) is 22.4. The second-order valence-corrected chi connectivity index (χ2v) is 4.06. The van der Waals surface area contributed by atoms with Gasteiger partial charge in [0.1, 0.15) is 0 Å². The summed E-state index contributed by atoms with van der Waals surface area (Å²) in [5.74, 6) is -2.00. The highest BCUT2D eigenvalue weighted by Gasteiger charge is 2.19. The third-order valence-electron chi connectivity index (χ3n) is 2.97. The fourth-order valence-electron chi connectivity index (χ4n) is 1.71. The summed E-state index contributed by atoms with van der Waals surface area (Å²) < 4.78 is 4.64. The van der Waals surface area contributed by atoms with E-state index < -0.39 is 17.9 Å². The standard InChI is InChI=1S/C13H16O4/c1-7-5-10(13(16)17-4)6-11(8(7)2)9(3)12(14)15/h5-6,9H,1-4H3,(H,14,15). The zero-order chi connectivity index (χ0) is 13.2. The average molecular weight is 236 g/mol. The minimum absolute atomic E-state index is 0.388. The maximum absolute atomic E-state index is 11.5. The van der Waals surface area contributed by atoms with Crippen LogP contribution >= 0.6 is 0 Å². The number of benzene rings is 1. The van der Waals surface area contributed by atoms with Gasteiger partial charge in [-0.1, -0.05) is 0 Å². The molecule has 0 aliphatic heterocycles. The third-order valence-corrected chi connectivity index (χ3v) is 2.97. The molecule has 1 N–H and O–H groups in total. The summed E-state index contributed by atoms with van der Waals surface area (Å²) in [7, 11) is 1.30. The highest BCUT2D eigenvalue weighted by Crippen LogP contribution is 2.24. The van der Waals surface area contributed by atoms with Gasteiger partial charge < -0.3 is 9.84 Å². The quantitative estimate of drug-likeness (QED) is 0.818. The summed E-state index contributed by atoms with van der Waals surface area (Å²) in [6, 6.07) is 3.30. The van der Waals surface area contributed by atoms with Crippen molar-refractivity contribution in [3.8, 4) is 0 Å². The van der Waals surface area contributed by atoms with Crippen LogP contribution in [0.1, 0.15) is 39.9 Å². The van der Waals surface area contributed by atoms with Crippen LogP contribution in [0.15, 0.2) is 12.1 Å². The Hall–Kier alpha value is -1.84. The first-order valence-electron chi connectivity index (χ1n) is 5.30. The number of carbonyl (C=O) groups is 2. The van der Waals surface area contributed by atoms with Crippen molar-refractivity contribution in [3.63, 3.8) is 0 Å². The van der Waals surface area contributed by atoms with Crippen molar-refractivity contribution in [2.24, 2.45) is 0 Å². The van der Waals surface area contributed by atoms with Crippen molar-refractivity contribution in [2.45, 2.75) is 26.7 Å². The van der Waals surface area contributed by atoms with Gasteiger partial charge in [0.25, 0.3) is 0 Å². The summed E-state index contributed by atoms with van der Waals surface area (Å²) in [6.45, 7) is 5.30. The van der Waals surface area contributed by atoms with E-state index in [1.807, 2.05) is 13.8 Å². The SMILES string of the molecule is COC(=O)c1cc(C)c(C)c(C(C)C(=O)O)c1. The molecule has 0 saturated heterocycles. The smallest absolute Gasteiger partial charge is 0.337 e. The first kappa shape index (κ1) is 13.2. The third kappa shape index (κ3) is 2.64. The summed E-state index contributed by atoms with van der Waals surface area (Å²) >= 11 is 0. The lowest BCUT2D eigenvalue weighted by Crippen LogP contribution is -2.12. The number of hydrogen-bond acceptors (Lipinski definition) is 3. The molecule has 0 aliphatic rings. The summed E-state index contributed by atoms with van der Waals surface area (Å²) in [6.07, 6.45) is 0. The minimum Gasteiger partial charge on any atom is -0.481 e. The molecular formula is C13H16O4. The number of methoxy groups -OCH3 is 1. The van der Waals surface area contributed by atoms with Gasteiger partial charge in [-0.15, -0.1) is 0 Å². The van der Waals surface area contributed by atoms with E-state index >= 15 is 0 Å². The van der Waals surface area contributed by atoms with Crippen LogP contribution in [0.3, 0.4) is 0 Å². The van der Waals surface area contributed by atoms with E-state index in [9.17, 15) is 9.59 Å². The first-order chi connectivity index (χ1) is 7.88. The molecule has 0 spiro atoms. The molecule has 1 atom stereocenters. The van der Waals surface area contributed by atoms with E-state index in [0.29, 0.717) is 11.1 Å². The Morgan fingerprint density at radius 2 is 1.88 bits per heavy atom. The zero-order valence-electron chi connectivity index (χ0n) is 10.4. The number of hydrogen-bond donors (Lipinski definition) is 1. The molecule has 1 rings (SSSR count). The van der Waals surface area contributed by atoms with Gasteiger partial charge in [-0.25, -0.2) is 4.79 Å². The maximum Gasteiger partial charge on any atom is 0.337 e. The molecule has 0 saturated carbocycles. The van der Waals surface area contributed by atoms with Gasteiger partial charge in [-0.3, -0.25) is 4.79 Å². The van der Waals surface area contributed by atoms with Crippen LogP contribution < -0.4 is 0 Å². The van der Waals surface area contributed by atoms with Crippen molar-refractivity contribution in [2.75, 3.05) is 7.11 Å². The molecule has 92 valence electrons. The number of carboxylic acids is 1. The number of ether oxygens (including phenoxy) is 1. The van der Waals surface area contributed by atoms with Crippen molar-refractivity contribution in [1.29, 1.82) is 0 Å². The molecular weight excluding hydrogens is 220 g/mol. The predicted octanol–water partition coefficient (Wildman–Crippen LogP) is 2.28. The van der Waals surface area contributed by atoms with Gasteiger partial charge >= 0.3 is 11.9 Å². The van der Waals surface area contributed by atoms with Crippen LogP contribution in [0.4, 0.5) is 0 Å². The topological polar surface area (TPSA) is 63.6 Å². The largest absolute Gasteiger partial charge is 0.481 e. The molecule has 4 heteroatoms. The molecule has 0 aliphatic carbocycles. The Bertz CT molecular complexity index is 463. The molecule has 4 nitrogen and oxygen atoms in total. The zero-order valence-corrected chi connectivity index (χ0v) is 10.4. The Labute approximate surface area is 100 Å². The number of esters is 1. The summed E-state index contributed by atoms with van der Waals surface area (Å²) in [5.41, 5.74) is 2.82. The molecule has 1 unspecified atom stereocenters. The fraction of sp³-hybridized carbons (Fsp3) is 0.385. The Balaban J connectivity index is 3.34. The van der Waals surface area contributed by atoms with Gasteiger partial charge in [0.15, 0.2) is 0 Å². The van der Waals surface area contributed by atoms with Gasteiger partial charge in [0, 0.05) is 0 Å². The monoisotopic (exact) mass is 236 g/mol. The molecule has 17 heavy (non-hydrogen) atoms. The number of aliphatic carboxylic acids is 1. The molecule has 0 heterocycles. The Kier molecular flexibility index (Phi) is 3.89. The van der Waals surface area contributed by atoms with Gasteiger partial charge in [0.2, 0.25) is 0 Å². The second-order valence-electron chi connectivity index (χ2n) is 4.06. The number of rotatable bonds is 3. The molecule has 1 aromatic rings. The van der Waals surface area contributed by atoms with Crippen molar-refractivity contribution in [1.82, 2.24) is 0 Å². The van der Waals surface area contributed by atoms with E-state index in [-0.39, 0.29) is 0 Å². The van der Waals surface area contributed by atoms with Crippen LogP contribution in [-0.4, -0.2) is 24.2 Å². The van der Waals surface area contributed by atoms with Crippen LogP contribution in [0.25, 0.3) is 0 Å². The second kappa shape index (κ2) is 4.99. The lowest BCUT2D eigenvalue weighted by Gasteiger charge is -2.14. The van der Waals surface area contributed by atoms with Crippen molar-refractivity contribution in [3.05, 3.63) is 34.4 Å². The molecule has 0 fully saturated rings. The van der Waals surface area contributed by atoms with Crippen LogP contribution in [0.5, 0.6) is 0 Å². The van der Waals surface area contributed by atoms with E-state index in [1.165, 1.54) is 7.11 Å². The fourth-order valence-corrected chi connectivity index (χ4v) is 1.71. The highest BCUT2D eigenvalue weighted by molar-refractivity contribution is 5.90.